The fourth-order valence-corrected chi connectivity index (χ4v) is 2.36. The van der Waals surface area contributed by atoms with Crippen LogP contribution in [0.4, 0.5) is 0 Å². The van der Waals surface area contributed by atoms with Crippen LogP contribution >= 0.6 is 0 Å². The molecule has 0 bridgehead atoms. The van der Waals surface area contributed by atoms with E-state index in [1.165, 1.54) is 0 Å². The second-order valence-electron chi connectivity index (χ2n) is 4.78. The molecule has 0 aromatic carbocycles. The van der Waals surface area contributed by atoms with Crippen LogP contribution < -0.4 is 10.7 Å². The Balaban J connectivity index is 2.08. The van der Waals surface area contributed by atoms with E-state index in [-0.39, 0.29) is 30.1 Å². The number of aliphatic hydroxyl groups excluding tert-OH is 1. The number of nitrogens with two attached hydrogens (primary N) is 1. The van der Waals surface area contributed by atoms with Gasteiger partial charge in [0.15, 0.2) is 0 Å². The summed E-state index contributed by atoms with van der Waals surface area (Å²) >= 11 is 0. The number of ether oxygens (including phenoxy) is 2. The monoisotopic (exact) mass is 255 g/mol. The molecule has 1 saturated heterocycles. The molecule has 4 N–H and O–H groups in total. The van der Waals surface area contributed by atoms with Crippen molar-refractivity contribution in [2.45, 2.75) is 31.6 Å². The molecule has 2 aliphatic rings. The lowest BCUT2D eigenvalue weighted by molar-refractivity contribution is -0.393. The van der Waals surface area contributed by atoms with Gasteiger partial charge in [0, 0.05) is 13.2 Å². The summed E-state index contributed by atoms with van der Waals surface area (Å²) in [5.41, 5.74) is 6.60. The van der Waals surface area contributed by atoms with E-state index in [0.717, 1.165) is 0 Å². The number of methoxy groups -OCH3 is 1. The van der Waals surface area contributed by atoms with Crippen molar-refractivity contribution in [3.05, 3.63) is 11.6 Å². The zero-order chi connectivity index (χ0) is 13.3. The maximum Gasteiger partial charge on any atom is 0.397 e. The number of aliphatic hydroxyl groups is 1. The normalized spacial score (nSPS) is 36.5. The average Bonchev–Trinajstić information content (AvgIpc) is 2.66. The van der Waals surface area contributed by atoms with Gasteiger partial charge >= 0.3 is 11.8 Å². The van der Waals surface area contributed by atoms with Gasteiger partial charge in [-0.15, -0.1) is 4.99 Å². The molecule has 1 fully saturated rings. The van der Waals surface area contributed by atoms with Crippen molar-refractivity contribution >= 4 is 11.8 Å². The molecule has 0 spiro atoms. The van der Waals surface area contributed by atoms with E-state index in [1.807, 2.05) is 0 Å². The predicted octanol–water partition coefficient (Wildman–Crippen LogP) is -1.74. The van der Waals surface area contributed by atoms with Crippen molar-refractivity contribution in [1.82, 2.24) is 0 Å². The Labute approximate surface area is 105 Å². The molecular weight excluding hydrogens is 236 g/mol. The zero-order valence-electron chi connectivity index (χ0n) is 10.6. The SMILES string of the molecule is COC[C@H]1O[C@@H](C2C=C(C)C(O)=[NH+]C2=O)CC1N. The molecule has 0 aromatic heterocycles. The van der Waals surface area contributed by atoms with Crippen LogP contribution in [-0.4, -0.2) is 48.9 Å². The summed E-state index contributed by atoms with van der Waals surface area (Å²) in [6.45, 7) is 2.16. The molecule has 100 valence electrons. The third kappa shape index (κ3) is 2.45. The molecule has 0 aliphatic carbocycles. The molecule has 2 unspecified atom stereocenters. The molecule has 0 aromatic rings. The van der Waals surface area contributed by atoms with Crippen LogP contribution in [0.5, 0.6) is 0 Å². The third-order valence-corrected chi connectivity index (χ3v) is 3.41. The minimum atomic E-state index is -0.409. The second-order valence-corrected chi connectivity index (χ2v) is 4.78. The van der Waals surface area contributed by atoms with Crippen molar-refractivity contribution < 1.29 is 24.4 Å². The lowest BCUT2D eigenvalue weighted by Crippen LogP contribution is -2.81. The zero-order valence-corrected chi connectivity index (χ0v) is 10.6. The molecule has 2 rings (SSSR count). The molecule has 18 heavy (non-hydrogen) atoms. The largest absolute Gasteiger partial charge is 0.460 e. The summed E-state index contributed by atoms with van der Waals surface area (Å²) in [7, 11) is 1.59. The van der Waals surface area contributed by atoms with Crippen molar-refractivity contribution in [1.29, 1.82) is 0 Å². The first-order chi connectivity index (χ1) is 8.52. The number of hydrogen-bond donors (Lipinski definition) is 3. The van der Waals surface area contributed by atoms with Gasteiger partial charge in [-0.25, -0.2) is 4.79 Å². The fraction of sp³-hybridized carbons (Fsp3) is 0.667. The maximum atomic E-state index is 11.8. The number of amides is 1. The van der Waals surface area contributed by atoms with Crippen LogP contribution in [0.25, 0.3) is 0 Å². The fourth-order valence-electron chi connectivity index (χ4n) is 2.36. The van der Waals surface area contributed by atoms with E-state index in [1.54, 1.807) is 20.1 Å². The maximum absolute atomic E-state index is 11.8. The van der Waals surface area contributed by atoms with E-state index in [2.05, 4.69) is 4.99 Å². The van der Waals surface area contributed by atoms with Crippen LogP contribution in [0.15, 0.2) is 11.6 Å². The molecule has 2 aliphatic heterocycles. The highest BCUT2D eigenvalue weighted by Gasteiger charge is 2.43. The summed E-state index contributed by atoms with van der Waals surface area (Å²) in [5.74, 6) is -0.755. The Kier molecular flexibility index (Phi) is 3.79. The van der Waals surface area contributed by atoms with Crippen LogP contribution in [0.1, 0.15) is 13.3 Å². The van der Waals surface area contributed by atoms with Gasteiger partial charge < -0.3 is 20.3 Å². The van der Waals surface area contributed by atoms with Crippen molar-refractivity contribution in [2.75, 3.05) is 13.7 Å². The minimum Gasteiger partial charge on any atom is -0.460 e. The van der Waals surface area contributed by atoms with Crippen molar-refractivity contribution in [3.63, 3.8) is 0 Å². The van der Waals surface area contributed by atoms with Gasteiger partial charge in [-0.3, -0.25) is 0 Å². The standard InChI is InChI=1S/C12H18N2O4/c1-6-3-7(12(16)14-11(6)15)9-4-8(13)10(18-9)5-17-2/h3,7-10H,4-5,13H2,1-2H3,(H,14,15,16)/p+1/t7?,8?,9-,10-/m1/s1. The molecule has 2 heterocycles. The lowest BCUT2D eigenvalue weighted by atomic mass is 9.93. The summed E-state index contributed by atoms with van der Waals surface area (Å²) < 4.78 is 10.8. The third-order valence-electron chi connectivity index (χ3n) is 3.41. The summed E-state index contributed by atoms with van der Waals surface area (Å²) in [6, 6.07) is -0.129. The molecule has 6 nitrogen and oxygen atoms in total. The molecule has 0 radical (unpaired) electrons. The van der Waals surface area contributed by atoms with Gasteiger partial charge in [-0.1, -0.05) is 6.08 Å². The number of carbonyl (C=O) groups is 1. The number of carbonyl (C=O) groups excluding carboxylic acids is 1. The average molecular weight is 255 g/mol. The van der Waals surface area contributed by atoms with E-state index in [9.17, 15) is 9.90 Å². The Morgan fingerprint density at radius 3 is 3.06 bits per heavy atom. The predicted molar refractivity (Wildman–Crippen MR) is 64.0 cm³/mol. The highest BCUT2D eigenvalue weighted by Crippen LogP contribution is 2.27. The quantitative estimate of drug-likeness (QED) is 0.556. The number of nitrogens with one attached hydrogen (secondary N) is 1. The van der Waals surface area contributed by atoms with E-state index < -0.39 is 5.92 Å². The molecule has 1 amide bonds. The van der Waals surface area contributed by atoms with E-state index in [4.69, 9.17) is 15.2 Å². The van der Waals surface area contributed by atoms with Gasteiger partial charge in [0.2, 0.25) is 0 Å². The molecular formula is C12H19N2O4+. The summed E-state index contributed by atoms with van der Waals surface area (Å²) in [6.07, 6.45) is 1.89. The molecule has 0 saturated carbocycles. The topological polar surface area (TPSA) is 95.7 Å². The van der Waals surface area contributed by atoms with Gasteiger partial charge in [0.05, 0.1) is 24.4 Å². The first-order valence-corrected chi connectivity index (χ1v) is 5.98. The summed E-state index contributed by atoms with van der Waals surface area (Å²) in [4.78, 5) is 14.3. The Bertz CT molecular complexity index is 405. The Morgan fingerprint density at radius 1 is 1.67 bits per heavy atom. The highest BCUT2D eigenvalue weighted by atomic mass is 16.5. The number of rotatable bonds is 3. The lowest BCUT2D eigenvalue weighted by Gasteiger charge is -2.18. The first-order valence-electron chi connectivity index (χ1n) is 5.98. The Morgan fingerprint density at radius 2 is 2.39 bits per heavy atom. The van der Waals surface area contributed by atoms with Crippen LogP contribution in [-0.2, 0) is 14.3 Å². The van der Waals surface area contributed by atoms with Gasteiger partial charge in [-0.05, 0) is 13.3 Å². The summed E-state index contributed by atoms with van der Waals surface area (Å²) in [5, 5.41) is 9.43. The van der Waals surface area contributed by atoms with Crippen molar-refractivity contribution in [3.8, 4) is 0 Å². The van der Waals surface area contributed by atoms with Crippen LogP contribution in [0, 0.1) is 5.92 Å². The highest BCUT2D eigenvalue weighted by molar-refractivity contribution is 5.93. The van der Waals surface area contributed by atoms with E-state index >= 15 is 0 Å². The van der Waals surface area contributed by atoms with E-state index in [0.29, 0.717) is 18.6 Å². The minimum absolute atomic E-state index is 0.0908. The van der Waals surface area contributed by atoms with Gasteiger partial charge in [0.25, 0.3) is 0 Å². The van der Waals surface area contributed by atoms with Crippen molar-refractivity contribution in [2.24, 2.45) is 11.7 Å². The van der Waals surface area contributed by atoms with Crippen LogP contribution in [0.3, 0.4) is 0 Å². The van der Waals surface area contributed by atoms with Gasteiger partial charge in [-0.2, -0.15) is 0 Å². The van der Waals surface area contributed by atoms with Crippen LogP contribution in [0.2, 0.25) is 0 Å². The van der Waals surface area contributed by atoms with Gasteiger partial charge in [0.1, 0.15) is 5.92 Å². The number of hydrogen-bond acceptors (Lipinski definition) is 4. The smallest absolute Gasteiger partial charge is 0.397 e. The second kappa shape index (κ2) is 5.17. The molecule has 6 heteroatoms. The molecule has 4 atom stereocenters. The first kappa shape index (κ1) is 13.2. The Hall–Kier alpha value is -1.24.